The highest BCUT2D eigenvalue weighted by Gasteiger charge is 2.49. The summed E-state index contributed by atoms with van der Waals surface area (Å²) in [6.45, 7) is 2.94. The number of fused-ring (bicyclic) bond motifs is 4. The number of aryl methyl sites for hydroxylation is 1. The van der Waals surface area contributed by atoms with Gasteiger partial charge in [-0.3, -0.25) is 4.90 Å². The molecule has 0 unspecified atom stereocenters. The molecule has 0 radical (unpaired) electrons. The summed E-state index contributed by atoms with van der Waals surface area (Å²) in [5.74, 6) is 1.17. The number of phenols is 1. The average molecular weight is 667 g/mol. The normalized spacial score (nSPS) is 19.1. The van der Waals surface area contributed by atoms with E-state index in [1.807, 2.05) is 0 Å². The molecule has 0 saturated carbocycles. The van der Waals surface area contributed by atoms with Gasteiger partial charge in [-0.15, -0.1) is 6.42 Å². The second-order valence-electron chi connectivity index (χ2n) is 12.6. The van der Waals surface area contributed by atoms with E-state index in [1.54, 1.807) is 13.1 Å². The summed E-state index contributed by atoms with van der Waals surface area (Å²) in [5, 5.41) is 14.7. The zero-order valence-electron chi connectivity index (χ0n) is 26.2. The number of aromatic nitrogens is 4. The molecule has 3 N–H and O–H groups in total. The maximum Gasteiger partial charge on any atom is 0.349 e. The van der Waals surface area contributed by atoms with Gasteiger partial charge in [0.05, 0.1) is 22.0 Å². The number of hydrogen-bond acceptors (Lipinski definition) is 9. The van der Waals surface area contributed by atoms with E-state index in [0.717, 1.165) is 19.4 Å². The number of alkyl halides is 1. The Morgan fingerprint density at radius 3 is 2.90 bits per heavy atom. The van der Waals surface area contributed by atoms with Crippen LogP contribution < -0.4 is 15.7 Å². The quantitative estimate of drug-likeness (QED) is 0.173. The number of aromatic hydroxyl groups is 1. The molecule has 2 aliphatic heterocycles. The van der Waals surface area contributed by atoms with E-state index in [9.17, 15) is 23.1 Å². The number of rotatable bonds is 7. The van der Waals surface area contributed by atoms with Gasteiger partial charge >= 0.3 is 11.6 Å². The Labute approximate surface area is 277 Å². The summed E-state index contributed by atoms with van der Waals surface area (Å²) >= 11 is 0. The smallest absolute Gasteiger partial charge is 0.349 e. The number of phenolic OH excluding ortho intramolecular Hbond substituents is 1. The van der Waals surface area contributed by atoms with Crippen molar-refractivity contribution in [2.75, 3.05) is 25.0 Å². The third-order valence-corrected chi connectivity index (χ3v) is 9.71. The highest BCUT2D eigenvalue weighted by molar-refractivity contribution is 6.03. The number of nitrogens with zero attached hydrogens (tertiary/aromatic N) is 4. The first-order chi connectivity index (χ1) is 23.7. The predicted molar refractivity (Wildman–Crippen MR) is 177 cm³/mol. The van der Waals surface area contributed by atoms with Crippen LogP contribution in [0, 0.1) is 30.9 Å². The van der Waals surface area contributed by atoms with Crippen LogP contribution in [-0.2, 0) is 6.54 Å². The Bertz CT molecular complexity index is 2420. The number of H-pyrrole nitrogens is 1. The lowest BCUT2D eigenvalue weighted by atomic mass is 9.95. The highest BCUT2D eigenvalue weighted by Crippen LogP contribution is 2.41. The number of aromatic amines is 1. The fraction of sp³-hybridized carbons (Fsp3) is 0.278. The van der Waals surface area contributed by atoms with Crippen molar-refractivity contribution in [3.05, 3.63) is 81.5 Å². The predicted octanol–water partition coefficient (Wildman–Crippen LogP) is 6.12. The van der Waals surface area contributed by atoms with Crippen LogP contribution in [0.2, 0.25) is 0 Å². The highest BCUT2D eigenvalue weighted by atomic mass is 19.1. The summed E-state index contributed by atoms with van der Waals surface area (Å²) < 4.78 is 56.3. The molecule has 6 aromatic rings. The van der Waals surface area contributed by atoms with E-state index < -0.39 is 29.0 Å². The molecule has 2 aromatic carbocycles. The molecule has 0 aliphatic carbocycles. The van der Waals surface area contributed by atoms with Gasteiger partial charge in [0.15, 0.2) is 0 Å². The van der Waals surface area contributed by atoms with Crippen LogP contribution in [0.3, 0.4) is 0 Å². The average Bonchev–Trinajstić information content (AvgIpc) is 3.76. The number of pyridine rings is 1. The van der Waals surface area contributed by atoms with E-state index in [0.29, 0.717) is 35.1 Å². The first-order valence-electron chi connectivity index (χ1n) is 15.8. The third kappa shape index (κ3) is 5.02. The zero-order chi connectivity index (χ0) is 34.0. The minimum absolute atomic E-state index is 0.00908. The van der Waals surface area contributed by atoms with Gasteiger partial charge in [0, 0.05) is 54.0 Å². The van der Waals surface area contributed by atoms with Gasteiger partial charge in [-0.1, -0.05) is 12.0 Å². The van der Waals surface area contributed by atoms with Crippen LogP contribution in [0.25, 0.3) is 44.0 Å². The van der Waals surface area contributed by atoms with Crippen LogP contribution in [0.1, 0.15) is 36.0 Å². The molecule has 2 aliphatic rings. The molecule has 10 nitrogen and oxygen atoms in total. The molecule has 2 atom stereocenters. The van der Waals surface area contributed by atoms with Crippen LogP contribution in [-0.4, -0.2) is 61.3 Å². The lowest BCUT2D eigenvalue weighted by Gasteiger charge is -2.30. The summed E-state index contributed by atoms with van der Waals surface area (Å²) in [7, 11) is 0. The molecule has 49 heavy (non-hydrogen) atoms. The summed E-state index contributed by atoms with van der Waals surface area (Å²) in [6.07, 6.45) is 9.71. The van der Waals surface area contributed by atoms with Crippen molar-refractivity contribution < 1.29 is 27.4 Å². The number of hydrogen-bond donors (Lipinski definition) is 3. The standard InChI is InChI=1S/C36H29F3N6O4/c1-3-23-25(38)6-5-19-11-22(46)12-24(27(19)23)31-18(2)30-29(34(47)49-31)33(42-15-20-14-41-32-28(20)26(39)7-9-40-32)44-35(43-30)48-17-36-8-4-10-45(36)16-21(37)13-36/h1,5-7,9,11-12,14,21,46H,4,8,10,13,15-17H2,2H3,(H,40,41)(H,42,43,44)/t21-,36+/m1/s1. The van der Waals surface area contributed by atoms with Gasteiger partial charge in [0.1, 0.15) is 52.8 Å². The lowest BCUT2D eigenvalue weighted by Crippen LogP contribution is -2.43. The molecule has 8 rings (SSSR count). The van der Waals surface area contributed by atoms with Crippen molar-refractivity contribution in [2.24, 2.45) is 0 Å². The Morgan fingerprint density at radius 1 is 1.20 bits per heavy atom. The Balaban J connectivity index is 1.28. The van der Waals surface area contributed by atoms with Crippen LogP contribution >= 0.6 is 0 Å². The van der Waals surface area contributed by atoms with Gasteiger partial charge in [-0.05, 0) is 56.0 Å². The molecule has 13 heteroatoms. The van der Waals surface area contributed by atoms with Gasteiger partial charge in [-0.2, -0.15) is 9.97 Å². The van der Waals surface area contributed by atoms with Gasteiger partial charge in [-0.25, -0.2) is 22.9 Å². The fourth-order valence-electron chi connectivity index (χ4n) is 7.47. The molecule has 0 bridgehead atoms. The second-order valence-corrected chi connectivity index (χ2v) is 12.6. The number of benzene rings is 2. The van der Waals surface area contributed by atoms with Crippen molar-refractivity contribution in [1.29, 1.82) is 0 Å². The molecular formula is C36H29F3N6O4. The van der Waals surface area contributed by atoms with Gasteiger partial charge < -0.3 is 24.6 Å². The monoisotopic (exact) mass is 666 g/mol. The van der Waals surface area contributed by atoms with Crippen molar-refractivity contribution in [1.82, 2.24) is 24.8 Å². The molecule has 6 heterocycles. The first kappa shape index (κ1) is 30.7. The maximum absolute atomic E-state index is 14.9. The molecule has 0 amide bonds. The summed E-state index contributed by atoms with van der Waals surface area (Å²) in [4.78, 5) is 32.3. The summed E-state index contributed by atoms with van der Waals surface area (Å²) in [6, 6.07) is 6.64. The van der Waals surface area contributed by atoms with Gasteiger partial charge in [0.25, 0.3) is 0 Å². The van der Waals surface area contributed by atoms with Crippen molar-refractivity contribution in [2.45, 2.75) is 44.4 Å². The van der Waals surface area contributed by atoms with Crippen LogP contribution in [0.5, 0.6) is 11.8 Å². The largest absolute Gasteiger partial charge is 0.508 e. The lowest BCUT2D eigenvalue weighted by molar-refractivity contribution is 0.107. The number of ether oxygens (including phenoxy) is 1. The second kappa shape index (κ2) is 11.5. The van der Waals surface area contributed by atoms with E-state index in [2.05, 4.69) is 36.1 Å². The molecule has 4 aromatic heterocycles. The van der Waals surface area contributed by atoms with E-state index >= 15 is 0 Å². The Morgan fingerprint density at radius 2 is 2.06 bits per heavy atom. The van der Waals surface area contributed by atoms with Crippen molar-refractivity contribution in [3.63, 3.8) is 0 Å². The Kier molecular flexibility index (Phi) is 7.22. The van der Waals surface area contributed by atoms with Gasteiger partial charge in [0.2, 0.25) is 0 Å². The molecular weight excluding hydrogens is 637 g/mol. The molecule has 2 fully saturated rings. The van der Waals surface area contributed by atoms with E-state index in [-0.39, 0.29) is 69.3 Å². The van der Waals surface area contributed by atoms with E-state index in [4.69, 9.17) is 15.6 Å². The minimum Gasteiger partial charge on any atom is -0.508 e. The maximum atomic E-state index is 14.9. The van der Waals surface area contributed by atoms with Crippen molar-refractivity contribution in [3.8, 4) is 35.4 Å². The zero-order valence-corrected chi connectivity index (χ0v) is 26.2. The van der Waals surface area contributed by atoms with Crippen LogP contribution in [0.15, 0.2) is 51.9 Å². The van der Waals surface area contributed by atoms with E-state index in [1.165, 1.54) is 36.5 Å². The minimum atomic E-state index is -0.964. The molecule has 0 spiro atoms. The number of nitrogens with one attached hydrogen (secondary N) is 2. The van der Waals surface area contributed by atoms with Crippen LogP contribution in [0.4, 0.5) is 19.0 Å². The topological polar surface area (TPSA) is 129 Å². The number of terminal acetylenes is 1. The van der Waals surface area contributed by atoms with Crippen molar-refractivity contribution >= 4 is 38.5 Å². The first-order valence-corrected chi connectivity index (χ1v) is 15.8. The summed E-state index contributed by atoms with van der Waals surface area (Å²) in [5.41, 5.74) is 0.215. The Hall–Kier alpha value is -5.61. The molecule has 2 saturated heterocycles. The SMILES string of the molecule is C#Cc1c(F)ccc2cc(O)cc(-c3oc(=O)c4c(NCc5c[nH]c6nccc(F)c56)nc(OC[C@@]56CCCN5C[C@H](F)C6)nc4c3C)c12. The number of halogens is 3. The number of anilines is 1. The molecule has 248 valence electrons. The third-order valence-electron chi connectivity index (χ3n) is 9.71. The fourth-order valence-corrected chi connectivity index (χ4v) is 7.47.